The number of nitro groups is 1. The third-order valence-corrected chi connectivity index (χ3v) is 4.15. The largest absolute Gasteiger partial charge is 0.444 e. The molecule has 22 heavy (non-hydrogen) atoms. The van der Waals surface area contributed by atoms with Crippen LogP contribution in [0.5, 0.6) is 0 Å². The van der Waals surface area contributed by atoms with Crippen molar-refractivity contribution in [1.82, 2.24) is 9.78 Å². The zero-order valence-corrected chi connectivity index (χ0v) is 12.9. The van der Waals surface area contributed by atoms with E-state index in [1.807, 2.05) is 13.8 Å². The average molecular weight is 310 g/mol. The minimum absolute atomic E-state index is 0.0260. The highest BCUT2D eigenvalue weighted by atomic mass is 16.6. The van der Waals surface area contributed by atoms with Crippen LogP contribution in [0.25, 0.3) is 0 Å². The maximum Gasteiger partial charge on any atom is 0.405 e. The molecule has 1 amide bonds. The van der Waals surface area contributed by atoms with Gasteiger partial charge in [-0.25, -0.2) is 4.79 Å². The van der Waals surface area contributed by atoms with E-state index in [-0.39, 0.29) is 11.7 Å². The first-order chi connectivity index (χ1) is 10.3. The molecule has 0 aromatic carbocycles. The minimum atomic E-state index is -0.748. The third-order valence-electron chi connectivity index (χ3n) is 4.15. The molecule has 0 bridgehead atoms. The fourth-order valence-corrected chi connectivity index (χ4v) is 3.24. The molecule has 8 nitrogen and oxygen atoms in total. The Morgan fingerprint density at radius 2 is 2.14 bits per heavy atom. The van der Waals surface area contributed by atoms with Crippen molar-refractivity contribution < 1.29 is 14.5 Å². The van der Waals surface area contributed by atoms with Crippen molar-refractivity contribution in [3.05, 3.63) is 22.5 Å². The van der Waals surface area contributed by atoms with E-state index in [1.165, 1.54) is 12.4 Å². The number of nitrogens with zero attached hydrogens (tertiary/aromatic N) is 3. The van der Waals surface area contributed by atoms with Crippen LogP contribution >= 0.6 is 0 Å². The van der Waals surface area contributed by atoms with Crippen molar-refractivity contribution in [2.45, 2.75) is 57.6 Å². The van der Waals surface area contributed by atoms with Crippen molar-refractivity contribution >= 4 is 11.8 Å². The molecule has 0 saturated heterocycles. The lowest BCUT2D eigenvalue weighted by atomic mass is 9.80. The number of aromatic nitrogens is 2. The maximum absolute atomic E-state index is 10.9. The number of primary amides is 1. The van der Waals surface area contributed by atoms with Gasteiger partial charge in [-0.05, 0) is 51.9 Å². The van der Waals surface area contributed by atoms with E-state index in [9.17, 15) is 14.9 Å². The highest BCUT2D eigenvalue weighted by molar-refractivity contribution is 5.65. The summed E-state index contributed by atoms with van der Waals surface area (Å²) in [6, 6.07) is 0.199. The van der Waals surface area contributed by atoms with Crippen molar-refractivity contribution in [2.75, 3.05) is 0 Å². The molecule has 2 rings (SSSR count). The lowest BCUT2D eigenvalue weighted by Crippen LogP contribution is -2.34. The predicted octanol–water partition coefficient (Wildman–Crippen LogP) is 2.79. The summed E-state index contributed by atoms with van der Waals surface area (Å²) in [6.45, 7) is 3.72. The monoisotopic (exact) mass is 310 g/mol. The SMILES string of the molecule is CC(C)(CC1CCC(n2cc([N+](=O)[O-])cn2)CC1)OC(N)=O. The van der Waals surface area contributed by atoms with Crippen LogP contribution in [0.4, 0.5) is 10.5 Å². The van der Waals surface area contributed by atoms with Crippen LogP contribution in [-0.4, -0.2) is 26.4 Å². The zero-order chi connectivity index (χ0) is 16.3. The van der Waals surface area contributed by atoms with Gasteiger partial charge in [0.25, 0.3) is 0 Å². The Morgan fingerprint density at radius 3 is 2.64 bits per heavy atom. The van der Waals surface area contributed by atoms with Crippen molar-refractivity contribution in [1.29, 1.82) is 0 Å². The number of ether oxygens (including phenoxy) is 1. The Balaban J connectivity index is 1.87. The molecular formula is C14H22N4O4. The number of nitrogens with two attached hydrogens (primary N) is 1. The number of rotatable bonds is 5. The number of hydrogen-bond donors (Lipinski definition) is 1. The molecule has 0 aliphatic heterocycles. The van der Waals surface area contributed by atoms with E-state index >= 15 is 0 Å². The van der Waals surface area contributed by atoms with Gasteiger partial charge in [-0.15, -0.1) is 0 Å². The van der Waals surface area contributed by atoms with E-state index in [0.29, 0.717) is 5.92 Å². The van der Waals surface area contributed by atoms with Gasteiger partial charge in [0.1, 0.15) is 18.0 Å². The Bertz CT molecular complexity index is 547. The first-order valence-corrected chi connectivity index (χ1v) is 7.44. The van der Waals surface area contributed by atoms with Gasteiger partial charge in [0.15, 0.2) is 0 Å². The van der Waals surface area contributed by atoms with Crippen LogP contribution in [0.15, 0.2) is 12.4 Å². The topological polar surface area (TPSA) is 113 Å². The molecule has 1 aliphatic carbocycles. The van der Waals surface area contributed by atoms with Crippen molar-refractivity contribution in [3.8, 4) is 0 Å². The average Bonchev–Trinajstić information content (AvgIpc) is 2.87. The molecule has 0 atom stereocenters. The highest BCUT2D eigenvalue weighted by Crippen LogP contribution is 2.37. The lowest BCUT2D eigenvalue weighted by Gasteiger charge is -2.33. The summed E-state index contributed by atoms with van der Waals surface area (Å²) in [5, 5.41) is 14.8. The summed E-state index contributed by atoms with van der Waals surface area (Å²) in [5.74, 6) is 0.455. The molecule has 0 spiro atoms. The lowest BCUT2D eigenvalue weighted by molar-refractivity contribution is -0.385. The van der Waals surface area contributed by atoms with Crippen LogP contribution in [-0.2, 0) is 4.74 Å². The Labute approximate surface area is 128 Å². The second-order valence-corrected chi connectivity index (χ2v) is 6.50. The quantitative estimate of drug-likeness (QED) is 0.663. The second kappa shape index (κ2) is 6.33. The molecule has 8 heteroatoms. The molecular weight excluding hydrogens is 288 g/mol. The molecule has 1 fully saturated rings. The first-order valence-electron chi connectivity index (χ1n) is 7.44. The standard InChI is InChI=1S/C14H22N4O4/c1-14(2,22-13(15)19)7-10-3-5-11(6-4-10)17-9-12(8-16-17)18(20)21/h8-11H,3-7H2,1-2H3,(H2,15,19). The van der Waals surface area contributed by atoms with Gasteiger partial charge in [0.2, 0.25) is 0 Å². The molecule has 1 aromatic rings. The fraction of sp³-hybridized carbons (Fsp3) is 0.714. The summed E-state index contributed by atoms with van der Waals surface area (Å²) >= 11 is 0. The summed E-state index contributed by atoms with van der Waals surface area (Å²) in [6.07, 6.45) is 6.57. The number of hydrogen-bond acceptors (Lipinski definition) is 5. The van der Waals surface area contributed by atoms with Crippen LogP contribution in [0.2, 0.25) is 0 Å². The molecule has 2 N–H and O–H groups in total. The summed E-state index contributed by atoms with van der Waals surface area (Å²) < 4.78 is 6.82. The van der Waals surface area contributed by atoms with Gasteiger partial charge < -0.3 is 10.5 Å². The molecule has 122 valence electrons. The maximum atomic E-state index is 10.9. The molecule has 1 aliphatic rings. The molecule has 1 aromatic heterocycles. The summed E-state index contributed by atoms with van der Waals surface area (Å²) in [7, 11) is 0. The number of carbonyl (C=O) groups excluding carboxylic acids is 1. The highest BCUT2D eigenvalue weighted by Gasteiger charge is 2.30. The fourth-order valence-electron chi connectivity index (χ4n) is 3.24. The Hall–Kier alpha value is -2.12. The van der Waals surface area contributed by atoms with Crippen LogP contribution in [0, 0.1) is 16.0 Å². The van der Waals surface area contributed by atoms with Gasteiger partial charge >= 0.3 is 11.8 Å². The normalized spacial score (nSPS) is 22.3. The molecule has 1 heterocycles. The minimum Gasteiger partial charge on any atom is -0.444 e. The van der Waals surface area contributed by atoms with E-state index < -0.39 is 16.6 Å². The van der Waals surface area contributed by atoms with Gasteiger partial charge in [0.05, 0.1) is 11.0 Å². The van der Waals surface area contributed by atoms with E-state index in [1.54, 1.807) is 4.68 Å². The summed E-state index contributed by atoms with van der Waals surface area (Å²) in [5.41, 5.74) is 4.55. The van der Waals surface area contributed by atoms with E-state index in [0.717, 1.165) is 32.1 Å². The van der Waals surface area contributed by atoms with Gasteiger partial charge in [-0.3, -0.25) is 14.8 Å². The van der Waals surface area contributed by atoms with E-state index in [2.05, 4.69) is 5.10 Å². The first kappa shape index (κ1) is 16.3. The van der Waals surface area contributed by atoms with Crippen molar-refractivity contribution in [3.63, 3.8) is 0 Å². The van der Waals surface area contributed by atoms with Gasteiger partial charge in [-0.2, -0.15) is 5.10 Å². The third kappa shape index (κ3) is 4.19. The smallest absolute Gasteiger partial charge is 0.405 e. The van der Waals surface area contributed by atoms with Crippen LogP contribution in [0.3, 0.4) is 0 Å². The van der Waals surface area contributed by atoms with Crippen molar-refractivity contribution in [2.24, 2.45) is 11.7 Å². The summed E-state index contributed by atoms with van der Waals surface area (Å²) in [4.78, 5) is 21.1. The Morgan fingerprint density at radius 1 is 1.50 bits per heavy atom. The zero-order valence-electron chi connectivity index (χ0n) is 12.9. The van der Waals surface area contributed by atoms with E-state index in [4.69, 9.17) is 10.5 Å². The Kier molecular flexibility index (Phi) is 4.68. The molecule has 1 saturated carbocycles. The van der Waals surface area contributed by atoms with Gasteiger partial charge in [0, 0.05) is 0 Å². The van der Waals surface area contributed by atoms with Crippen LogP contribution in [0.1, 0.15) is 52.0 Å². The number of amides is 1. The number of carbonyl (C=O) groups is 1. The predicted molar refractivity (Wildman–Crippen MR) is 79.2 cm³/mol. The second-order valence-electron chi connectivity index (χ2n) is 6.50. The molecule has 0 unspecified atom stereocenters. The molecule has 0 radical (unpaired) electrons. The van der Waals surface area contributed by atoms with Crippen LogP contribution < -0.4 is 5.73 Å². The van der Waals surface area contributed by atoms with Gasteiger partial charge in [-0.1, -0.05) is 0 Å².